The molecule has 1 heterocycles. The number of nitrogens with one attached hydrogen (secondary N) is 1. The lowest BCUT2D eigenvalue weighted by Gasteiger charge is -2.09. The number of aromatic nitrogens is 3. The topological polar surface area (TPSA) is 78.3 Å². The zero-order valence-corrected chi connectivity index (χ0v) is 16.3. The Morgan fingerprint density at radius 2 is 1.59 bits per heavy atom. The highest BCUT2D eigenvalue weighted by Crippen LogP contribution is 2.24. The maximum Gasteiger partial charge on any atom is 0.255 e. The number of hydrogen-bond donors (Lipinski definition) is 1. The maximum absolute atomic E-state index is 12.6. The summed E-state index contributed by atoms with van der Waals surface area (Å²) >= 11 is 0. The molecule has 0 aliphatic rings. The summed E-state index contributed by atoms with van der Waals surface area (Å²) in [5.74, 6) is 1.19. The van der Waals surface area contributed by atoms with Crippen LogP contribution in [0.1, 0.15) is 15.9 Å². The van der Waals surface area contributed by atoms with Gasteiger partial charge in [0.1, 0.15) is 22.5 Å². The third-order valence-corrected chi connectivity index (χ3v) is 4.61. The predicted octanol–water partition coefficient (Wildman–Crippen LogP) is 4.00. The van der Waals surface area contributed by atoms with Gasteiger partial charge in [0.05, 0.1) is 19.9 Å². The highest BCUT2D eigenvalue weighted by molar-refractivity contribution is 6.05. The summed E-state index contributed by atoms with van der Waals surface area (Å²) in [6.45, 7) is 1.92. The van der Waals surface area contributed by atoms with E-state index < -0.39 is 0 Å². The van der Waals surface area contributed by atoms with Crippen molar-refractivity contribution in [1.29, 1.82) is 0 Å². The number of carbonyl (C=O) groups is 1. The molecule has 146 valence electrons. The summed E-state index contributed by atoms with van der Waals surface area (Å²) in [6.07, 6.45) is 0. The zero-order chi connectivity index (χ0) is 20.4. The Balaban J connectivity index is 1.63. The number of anilines is 1. The standard InChI is InChI=1S/C22H20N4O3/c1-14-11-20-21(25-26(24-20)16-7-9-17(28-2)10-8-16)13-19(14)23-22(27)15-5-4-6-18(12-15)29-3/h4-13H,1-3H3,(H,23,27). The van der Waals surface area contributed by atoms with Crippen molar-refractivity contribution in [2.24, 2.45) is 0 Å². The molecule has 0 aliphatic heterocycles. The number of ether oxygens (including phenoxy) is 2. The number of carbonyl (C=O) groups excluding carboxylic acids is 1. The fourth-order valence-corrected chi connectivity index (χ4v) is 2.99. The quantitative estimate of drug-likeness (QED) is 0.559. The molecular formula is C22H20N4O3. The van der Waals surface area contributed by atoms with Gasteiger partial charge in [0.25, 0.3) is 5.91 Å². The van der Waals surface area contributed by atoms with Crippen molar-refractivity contribution >= 4 is 22.6 Å². The van der Waals surface area contributed by atoms with E-state index in [0.29, 0.717) is 22.5 Å². The SMILES string of the molecule is COc1ccc(-n2nc3cc(C)c(NC(=O)c4cccc(OC)c4)cc3n2)cc1. The first-order chi connectivity index (χ1) is 14.1. The lowest BCUT2D eigenvalue weighted by atomic mass is 10.1. The number of fused-ring (bicyclic) bond motifs is 1. The van der Waals surface area contributed by atoms with Crippen LogP contribution in [0, 0.1) is 6.92 Å². The van der Waals surface area contributed by atoms with Crippen LogP contribution < -0.4 is 14.8 Å². The van der Waals surface area contributed by atoms with Crippen LogP contribution in [0.25, 0.3) is 16.7 Å². The summed E-state index contributed by atoms with van der Waals surface area (Å²) in [7, 11) is 3.20. The van der Waals surface area contributed by atoms with Crippen LogP contribution in [0.4, 0.5) is 5.69 Å². The predicted molar refractivity (Wildman–Crippen MR) is 111 cm³/mol. The summed E-state index contributed by atoms with van der Waals surface area (Å²) in [5.41, 5.74) is 4.36. The molecule has 0 unspecified atom stereocenters. The molecule has 1 amide bonds. The van der Waals surface area contributed by atoms with Crippen LogP contribution in [-0.2, 0) is 0 Å². The van der Waals surface area contributed by atoms with Crippen molar-refractivity contribution in [3.63, 3.8) is 0 Å². The Kier molecular flexibility index (Phi) is 4.87. The Morgan fingerprint density at radius 1 is 0.897 bits per heavy atom. The van der Waals surface area contributed by atoms with Crippen LogP contribution in [0.3, 0.4) is 0 Å². The molecule has 3 aromatic carbocycles. The van der Waals surface area contributed by atoms with Crippen molar-refractivity contribution in [2.45, 2.75) is 6.92 Å². The van der Waals surface area contributed by atoms with Gasteiger partial charge in [-0.3, -0.25) is 4.79 Å². The second-order valence-electron chi connectivity index (χ2n) is 6.53. The normalized spacial score (nSPS) is 10.7. The molecule has 0 aliphatic carbocycles. The molecule has 29 heavy (non-hydrogen) atoms. The molecule has 7 nitrogen and oxygen atoms in total. The van der Waals surface area contributed by atoms with Crippen molar-refractivity contribution in [3.8, 4) is 17.2 Å². The number of rotatable bonds is 5. The number of methoxy groups -OCH3 is 2. The number of aryl methyl sites for hydroxylation is 1. The molecule has 0 fully saturated rings. The maximum atomic E-state index is 12.6. The van der Waals surface area contributed by atoms with Gasteiger partial charge in [0.15, 0.2) is 0 Å². The van der Waals surface area contributed by atoms with E-state index in [9.17, 15) is 4.79 Å². The van der Waals surface area contributed by atoms with Crippen molar-refractivity contribution in [2.75, 3.05) is 19.5 Å². The largest absolute Gasteiger partial charge is 0.497 e. The van der Waals surface area contributed by atoms with Gasteiger partial charge in [-0.05, 0) is 67.1 Å². The van der Waals surface area contributed by atoms with E-state index in [-0.39, 0.29) is 5.91 Å². The second kappa shape index (κ2) is 7.63. The Hall–Kier alpha value is -3.87. The van der Waals surface area contributed by atoms with Gasteiger partial charge >= 0.3 is 0 Å². The molecule has 1 aromatic heterocycles. The fraction of sp³-hybridized carbons (Fsp3) is 0.136. The van der Waals surface area contributed by atoms with Crippen LogP contribution >= 0.6 is 0 Å². The minimum Gasteiger partial charge on any atom is -0.497 e. The lowest BCUT2D eigenvalue weighted by Crippen LogP contribution is -2.12. The van der Waals surface area contributed by atoms with Gasteiger partial charge in [0.2, 0.25) is 0 Å². The first kappa shape index (κ1) is 18.5. The molecule has 0 spiro atoms. The van der Waals surface area contributed by atoms with Gasteiger partial charge in [-0.1, -0.05) is 6.07 Å². The molecule has 0 radical (unpaired) electrons. The Morgan fingerprint density at radius 3 is 2.28 bits per heavy atom. The first-order valence-corrected chi connectivity index (χ1v) is 9.05. The molecular weight excluding hydrogens is 368 g/mol. The molecule has 4 aromatic rings. The third-order valence-electron chi connectivity index (χ3n) is 4.61. The average molecular weight is 388 g/mol. The number of hydrogen-bond acceptors (Lipinski definition) is 5. The van der Waals surface area contributed by atoms with Crippen LogP contribution in [0.5, 0.6) is 11.5 Å². The summed E-state index contributed by atoms with van der Waals surface area (Å²) < 4.78 is 10.4. The molecule has 1 N–H and O–H groups in total. The van der Waals surface area contributed by atoms with Crippen LogP contribution in [0.2, 0.25) is 0 Å². The van der Waals surface area contributed by atoms with Gasteiger partial charge in [-0.15, -0.1) is 10.2 Å². The fourth-order valence-electron chi connectivity index (χ4n) is 2.99. The van der Waals surface area contributed by atoms with Gasteiger partial charge < -0.3 is 14.8 Å². The minimum absolute atomic E-state index is 0.214. The molecule has 7 heteroatoms. The second-order valence-corrected chi connectivity index (χ2v) is 6.53. The first-order valence-electron chi connectivity index (χ1n) is 9.05. The highest BCUT2D eigenvalue weighted by atomic mass is 16.5. The number of nitrogens with zero attached hydrogens (tertiary/aromatic N) is 3. The monoisotopic (exact) mass is 388 g/mol. The lowest BCUT2D eigenvalue weighted by molar-refractivity contribution is 0.102. The summed E-state index contributed by atoms with van der Waals surface area (Å²) in [4.78, 5) is 14.2. The molecule has 0 saturated heterocycles. The van der Waals surface area contributed by atoms with Gasteiger partial charge in [0, 0.05) is 11.3 Å². The average Bonchev–Trinajstić information content (AvgIpc) is 3.16. The molecule has 0 saturated carbocycles. The Bertz CT molecular complexity index is 1180. The highest BCUT2D eigenvalue weighted by Gasteiger charge is 2.12. The van der Waals surface area contributed by atoms with Crippen molar-refractivity contribution < 1.29 is 14.3 Å². The molecule has 0 bridgehead atoms. The van der Waals surface area contributed by atoms with Gasteiger partial charge in [-0.25, -0.2) is 0 Å². The molecule has 4 rings (SSSR count). The van der Waals surface area contributed by atoms with E-state index in [0.717, 1.165) is 22.5 Å². The van der Waals surface area contributed by atoms with Gasteiger partial charge in [-0.2, -0.15) is 4.80 Å². The van der Waals surface area contributed by atoms with E-state index in [4.69, 9.17) is 9.47 Å². The van der Waals surface area contributed by atoms with E-state index in [1.807, 2.05) is 43.3 Å². The third kappa shape index (κ3) is 3.75. The van der Waals surface area contributed by atoms with Crippen molar-refractivity contribution in [1.82, 2.24) is 15.0 Å². The summed E-state index contributed by atoms with van der Waals surface area (Å²) in [6, 6.07) is 18.2. The number of benzene rings is 3. The van der Waals surface area contributed by atoms with Crippen LogP contribution in [0.15, 0.2) is 60.7 Å². The zero-order valence-electron chi connectivity index (χ0n) is 16.3. The van der Waals surface area contributed by atoms with E-state index in [1.54, 1.807) is 43.3 Å². The van der Waals surface area contributed by atoms with E-state index in [1.165, 1.54) is 0 Å². The minimum atomic E-state index is -0.214. The van der Waals surface area contributed by atoms with E-state index >= 15 is 0 Å². The van der Waals surface area contributed by atoms with E-state index in [2.05, 4.69) is 15.5 Å². The van der Waals surface area contributed by atoms with Crippen LogP contribution in [-0.4, -0.2) is 35.1 Å². The smallest absolute Gasteiger partial charge is 0.255 e. The van der Waals surface area contributed by atoms with Crippen molar-refractivity contribution in [3.05, 3.63) is 71.8 Å². The Labute approximate surface area is 167 Å². The molecule has 0 atom stereocenters. The summed E-state index contributed by atoms with van der Waals surface area (Å²) in [5, 5.41) is 12.0. The number of amides is 1.